The van der Waals surface area contributed by atoms with E-state index in [0.717, 1.165) is 0 Å². The van der Waals surface area contributed by atoms with Crippen LogP contribution in [-0.4, -0.2) is 12.2 Å². The summed E-state index contributed by atoms with van der Waals surface area (Å²) in [6, 6.07) is 0. The van der Waals surface area contributed by atoms with E-state index in [9.17, 15) is 4.79 Å². The van der Waals surface area contributed by atoms with Gasteiger partial charge in [-0.15, -0.1) is 0 Å². The van der Waals surface area contributed by atoms with Crippen molar-refractivity contribution in [2.45, 2.75) is 27.7 Å². The molecule has 0 amide bonds. The fourth-order valence-corrected chi connectivity index (χ4v) is 0.238. The molecular formula is C7H13NO2. The van der Waals surface area contributed by atoms with Crippen molar-refractivity contribution in [1.29, 1.82) is 0 Å². The molecule has 0 aliphatic heterocycles. The SMILES string of the molecule is CC=NOC(=O)C(C)(C)C. The third-order valence-corrected chi connectivity index (χ3v) is 0.853. The normalized spacial score (nSPS) is 12.0. The van der Waals surface area contributed by atoms with Crippen molar-refractivity contribution in [1.82, 2.24) is 0 Å². The maximum atomic E-state index is 10.9. The highest BCUT2D eigenvalue weighted by atomic mass is 16.7. The molecule has 0 atom stereocenters. The predicted octanol–water partition coefficient (Wildman–Crippen LogP) is 1.58. The zero-order valence-corrected chi connectivity index (χ0v) is 6.84. The molecule has 0 aromatic rings. The van der Waals surface area contributed by atoms with Crippen molar-refractivity contribution >= 4 is 12.2 Å². The maximum absolute atomic E-state index is 10.9. The van der Waals surface area contributed by atoms with Gasteiger partial charge in [-0.1, -0.05) is 5.16 Å². The Morgan fingerprint density at radius 3 is 2.30 bits per heavy atom. The molecule has 0 radical (unpaired) electrons. The van der Waals surface area contributed by atoms with Crippen LogP contribution >= 0.6 is 0 Å². The van der Waals surface area contributed by atoms with Crippen LogP contribution < -0.4 is 0 Å². The Morgan fingerprint density at radius 1 is 1.50 bits per heavy atom. The van der Waals surface area contributed by atoms with Crippen molar-refractivity contribution in [2.24, 2.45) is 10.6 Å². The average molecular weight is 143 g/mol. The molecule has 0 unspecified atom stereocenters. The van der Waals surface area contributed by atoms with Gasteiger partial charge in [0.05, 0.1) is 5.41 Å². The second-order valence-electron chi connectivity index (χ2n) is 2.99. The molecule has 0 rings (SSSR count). The van der Waals surface area contributed by atoms with Gasteiger partial charge in [0.2, 0.25) is 0 Å². The van der Waals surface area contributed by atoms with Gasteiger partial charge in [0.25, 0.3) is 0 Å². The molecule has 0 fully saturated rings. The van der Waals surface area contributed by atoms with Crippen LogP contribution in [0.15, 0.2) is 5.16 Å². The Morgan fingerprint density at radius 2 is 2.00 bits per heavy atom. The summed E-state index contributed by atoms with van der Waals surface area (Å²) in [7, 11) is 0. The fraction of sp³-hybridized carbons (Fsp3) is 0.714. The minimum Gasteiger partial charge on any atom is -0.318 e. The van der Waals surface area contributed by atoms with E-state index in [1.807, 2.05) is 0 Å². The molecule has 0 aromatic carbocycles. The van der Waals surface area contributed by atoms with Crippen molar-refractivity contribution in [3.05, 3.63) is 0 Å². The fourth-order valence-electron chi connectivity index (χ4n) is 0.238. The molecule has 58 valence electrons. The lowest BCUT2D eigenvalue weighted by Gasteiger charge is -2.12. The summed E-state index contributed by atoms with van der Waals surface area (Å²) < 4.78 is 0. The van der Waals surface area contributed by atoms with E-state index in [0.29, 0.717) is 0 Å². The Balaban J connectivity index is 3.86. The van der Waals surface area contributed by atoms with Crippen molar-refractivity contribution in [3.8, 4) is 0 Å². The lowest BCUT2D eigenvalue weighted by molar-refractivity contribution is -0.152. The minimum absolute atomic E-state index is 0.314. The molecule has 10 heavy (non-hydrogen) atoms. The van der Waals surface area contributed by atoms with Gasteiger partial charge >= 0.3 is 5.97 Å². The molecule has 0 heterocycles. The van der Waals surface area contributed by atoms with Crippen molar-refractivity contribution < 1.29 is 9.63 Å². The maximum Gasteiger partial charge on any atom is 0.340 e. The molecular weight excluding hydrogens is 130 g/mol. The first kappa shape index (κ1) is 9.14. The van der Waals surface area contributed by atoms with E-state index in [2.05, 4.69) is 9.99 Å². The number of hydrogen-bond acceptors (Lipinski definition) is 3. The largest absolute Gasteiger partial charge is 0.340 e. The lowest BCUT2D eigenvalue weighted by atomic mass is 9.98. The van der Waals surface area contributed by atoms with E-state index in [4.69, 9.17) is 0 Å². The second-order valence-corrected chi connectivity index (χ2v) is 2.99. The summed E-state index contributed by atoms with van der Waals surface area (Å²) in [5.74, 6) is -0.314. The molecule has 0 aliphatic rings. The third-order valence-electron chi connectivity index (χ3n) is 0.853. The van der Waals surface area contributed by atoms with Gasteiger partial charge in [-0.3, -0.25) is 0 Å². The van der Waals surface area contributed by atoms with Crippen LogP contribution in [0.25, 0.3) is 0 Å². The number of carbonyl (C=O) groups excluding carboxylic acids is 1. The Hall–Kier alpha value is -0.860. The molecule has 0 saturated carbocycles. The number of hydrogen-bond donors (Lipinski definition) is 0. The topological polar surface area (TPSA) is 38.7 Å². The Labute approximate surface area is 61.1 Å². The zero-order chi connectivity index (χ0) is 8.20. The van der Waals surface area contributed by atoms with E-state index in [-0.39, 0.29) is 5.97 Å². The van der Waals surface area contributed by atoms with Gasteiger partial charge in [0.15, 0.2) is 0 Å². The molecule has 0 aromatic heterocycles. The number of oxime groups is 1. The zero-order valence-electron chi connectivity index (χ0n) is 6.84. The first-order valence-electron chi connectivity index (χ1n) is 3.18. The number of nitrogens with zero attached hydrogens (tertiary/aromatic N) is 1. The molecule has 0 spiro atoms. The minimum atomic E-state index is -0.466. The summed E-state index contributed by atoms with van der Waals surface area (Å²) in [5, 5.41) is 3.36. The highest BCUT2D eigenvalue weighted by Crippen LogP contribution is 2.14. The van der Waals surface area contributed by atoms with Gasteiger partial charge in [0.1, 0.15) is 0 Å². The first-order valence-corrected chi connectivity index (χ1v) is 3.18. The Kier molecular flexibility index (Phi) is 3.06. The van der Waals surface area contributed by atoms with E-state index in [1.165, 1.54) is 6.21 Å². The Bertz CT molecular complexity index is 144. The van der Waals surface area contributed by atoms with Crippen LogP contribution in [-0.2, 0) is 9.63 Å². The number of rotatable bonds is 1. The number of carbonyl (C=O) groups is 1. The quantitative estimate of drug-likeness (QED) is 0.317. The van der Waals surface area contributed by atoms with Crippen molar-refractivity contribution in [2.75, 3.05) is 0 Å². The van der Waals surface area contributed by atoms with Crippen LogP contribution in [0.2, 0.25) is 0 Å². The van der Waals surface area contributed by atoms with Gasteiger partial charge in [-0.25, -0.2) is 4.79 Å². The summed E-state index contributed by atoms with van der Waals surface area (Å²) in [6.45, 7) is 7.03. The standard InChI is InChI=1S/C7H13NO2/c1-5-8-10-6(9)7(2,3)4/h5H,1-4H3. The first-order chi connectivity index (χ1) is 4.48. The molecule has 0 saturated heterocycles. The van der Waals surface area contributed by atoms with Crippen LogP contribution in [0, 0.1) is 5.41 Å². The summed E-state index contributed by atoms with van der Waals surface area (Å²) in [4.78, 5) is 15.4. The van der Waals surface area contributed by atoms with Crippen LogP contribution in [0.3, 0.4) is 0 Å². The lowest BCUT2D eigenvalue weighted by Crippen LogP contribution is -2.20. The van der Waals surface area contributed by atoms with E-state index in [1.54, 1.807) is 27.7 Å². The van der Waals surface area contributed by atoms with E-state index >= 15 is 0 Å². The third kappa shape index (κ3) is 3.22. The van der Waals surface area contributed by atoms with Crippen LogP contribution in [0.1, 0.15) is 27.7 Å². The van der Waals surface area contributed by atoms with Crippen molar-refractivity contribution in [3.63, 3.8) is 0 Å². The van der Waals surface area contributed by atoms with Gasteiger partial charge in [-0.05, 0) is 27.7 Å². The highest BCUT2D eigenvalue weighted by Gasteiger charge is 2.23. The predicted molar refractivity (Wildman–Crippen MR) is 39.7 cm³/mol. The van der Waals surface area contributed by atoms with E-state index < -0.39 is 5.41 Å². The smallest absolute Gasteiger partial charge is 0.318 e. The van der Waals surface area contributed by atoms with Gasteiger partial charge < -0.3 is 4.84 Å². The van der Waals surface area contributed by atoms with Gasteiger partial charge in [-0.2, -0.15) is 0 Å². The molecule has 0 aliphatic carbocycles. The summed E-state index contributed by atoms with van der Waals surface area (Å²) in [6.07, 6.45) is 1.43. The molecule has 3 nitrogen and oxygen atoms in total. The average Bonchev–Trinajstić information content (AvgIpc) is 1.80. The monoisotopic (exact) mass is 143 g/mol. The summed E-state index contributed by atoms with van der Waals surface area (Å²) in [5.41, 5.74) is -0.466. The summed E-state index contributed by atoms with van der Waals surface area (Å²) >= 11 is 0. The van der Waals surface area contributed by atoms with Crippen LogP contribution in [0.5, 0.6) is 0 Å². The highest BCUT2D eigenvalue weighted by molar-refractivity contribution is 5.75. The second kappa shape index (κ2) is 3.34. The molecule has 0 bridgehead atoms. The van der Waals surface area contributed by atoms with Gasteiger partial charge in [0, 0.05) is 6.21 Å². The van der Waals surface area contributed by atoms with Crippen LogP contribution in [0.4, 0.5) is 0 Å². The molecule has 3 heteroatoms. The molecule has 0 N–H and O–H groups in total.